The van der Waals surface area contributed by atoms with Crippen molar-refractivity contribution in [1.29, 1.82) is 0 Å². The molecule has 5 nitrogen and oxygen atoms in total. The Balaban J connectivity index is 1.77. The van der Waals surface area contributed by atoms with Gasteiger partial charge in [-0.05, 0) is 55.3 Å². The second kappa shape index (κ2) is 8.27. The summed E-state index contributed by atoms with van der Waals surface area (Å²) in [6.07, 6.45) is -4.46. The van der Waals surface area contributed by atoms with Crippen molar-refractivity contribution in [1.82, 2.24) is 0 Å². The van der Waals surface area contributed by atoms with E-state index in [0.717, 1.165) is 12.1 Å². The van der Waals surface area contributed by atoms with E-state index in [-0.39, 0.29) is 29.8 Å². The van der Waals surface area contributed by atoms with Gasteiger partial charge in [-0.2, -0.15) is 13.2 Å². The van der Waals surface area contributed by atoms with E-state index in [1.807, 2.05) is 13.8 Å². The zero-order valence-electron chi connectivity index (χ0n) is 17.9. The number of carbonyl (C=O) groups is 2. The Morgan fingerprint density at radius 1 is 0.970 bits per heavy atom. The van der Waals surface area contributed by atoms with Crippen molar-refractivity contribution in [3.05, 3.63) is 77.9 Å². The van der Waals surface area contributed by atoms with Crippen molar-refractivity contribution in [2.75, 3.05) is 16.3 Å². The molecule has 1 N–H and O–H groups in total. The standard InChI is InChI=1S/C25H21F3N2O3/c1-15(2)30-22-13-18(31)11-12-21(22)29(14-23(30)32)24(33)20-6-4-3-5-19(20)16-7-9-17(10-8-16)25(26,27)28/h3-13,15,31H,14H2,1-2H3. The van der Waals surface area contributed by atoms with Gasteiger partial charge in [0.05, 0.1) is 16.9 Å². The van der Waals surface area contributed by atoms with Gasteiger partial charge in [-0.15, -0.1) is 0 Å². The Bertz CT molecular complexity index is 1220. The second-order valence-corrected chi connectivity index (χ2v) is 8.04. The third kappa shape index (κ3) is 4.16. The fraction of sp³-hybridized carbons (Fsp3) is 0.200. The second-order valence-electron chi connectivity index (χ2n) is 8.04. The van der Waals surface area contributed by atoms with Gasteiger partial charge < -0.3 is 10.0 Å². The van der Waals surface area contributed by atoms with Crippen molar-refractivity contribution in [2.45, 2.75) is 26.1 Å². The molecular weight excluding hydrogens is 433 g/mol. The maximum atomic E-state index is 13.6. The fourth-order valence-electron chi connectivity index (χ4n) is 4.02. The summed E-state index contributed by atoms with van der Waals surface area (Å²) in [6, 6.07) is 15.4. The lowest BCUT2D eigenvalue weighted by Gasteiger charge is -2.38. The summed E-state index contributed by atoms with van der Waals surface area (Å²) in [4.78, 5) is 29.3. The number of halogens is 3. The van der Waals surface area contributed by atoms with Gasteiger partial charge in [0.15, 0.2) is 0 Å². The van der Waals surface area contributed by atoms with Gasteiger partial charge in [0, 0.05) is 17.7 Å². The molecule has 0 saturated carbocycles. The van der Waals surface area contributed by atoms with Crippen LogP contribution in [0.1, 0.15) is 29.8 Å². The van der Waals surface area contributed by atoms with E-state index >= 15 is 0 Å². The van der Waals surface area contributed by atoms with E-state index < -0.39 is 17.6 Å². The van der Waals surface area contributed by atoms with Crippen molar-refractivity contribution >= 4 is 23.2 Å². The minimum Gasteiger partial charge on any atom is -0.508 e. The summed E-state index contributed by atoms with van der Waals surface area (Å²) in [5.41, 5.74) is 1.26. The average Bonchev–Trinajstić information content (AvgIpc) is 2.77. The number of aromatic hydroxyl groups is 1. The van der Waals surface area contributed by atoms with Gasteiger partial charge in [0.1, 0.15) is 12.3 Å². The molecule has 0 atom stereocenters. The Morgan fingerprint density at radius 3 is 2.27 bits per heavy atom. The minimum atomic E-state index is -4.46. The topological polar surface area (TPSA) is 60.9 Å². The van der Waals surface area contributed by atoms with Gasteiger partial charge in [-0.1, -0.05) is 30.3 Å². The predicted octanol–water partition coefficient (Wildman–Crippen LogP) is 5.48. The first-order chi connectivity index (χ1) is 15.6. The third-order valence-corrected chi connectivity index (χ3v) is 5.51. The van der Waals surface area contributed by atoms with Crippen LogP contribution in [0, 0.1) is 0 Å². The molecule has 0 aliphatic carbocycles. The molecule has 0 radical (unpaired) electrons. The number of carbonyl (C=O) groups excluding carboxylic acids is 2. The van der Waals surface area contributed by atoms with Crippen molar-refractivity contribution in [3.8, 4) is 16.9 Å². The fourth-order valence-corrected chi connectivity index (χ4v) is 4.02. The molecular formula is C25H21F3N2O3. The van der Waals surface area contributed by atoms with E-state index in [2.05, 4.69) is 0 Å². The molecule has 8 heteroatoms. The van der Waals surface area contributed by atoms with Gasteiger partial charge in [0.25, 0.3) is 5.91 Å². The summed E-state index contributed by atoms with van der Waals surface area (Å²) in [5, 5.41) is 9.97. The van der Waals surface area contributed by atoms with Crippen molar-refractivity contribution < 1.29 is 27.9 Å². The van der Waals surface area contributed by atoms with Crippen LogP contribution in [0.2, 0.25) is 0 Å². The maximum absolute atomic E-state index is 13.6. The lowest BCUT2D eigenvalue weighted by Crippen LogP contribution is -2.50. The summed E-state index contributed by atoms with van der Waals surface area (Å²) < 4.78 is 38.9. The molecule has 4 rings (SSSR count). The highest BCUT2D eigenvalue weighted by Crippen LogP contribution is 2.39. The molecule has 1 aliphatic heterocycles. The molecule has 1 aliphatic rings. The van der Waals surface area contributed by atoms with E-state index in [4.69, 9.17) is 0 Å². The zero-order chi connectivity index (χ0) is 23.9. The van der Waals surface area contributed by atoms with Crippen LogP contribution in [0.25, 0.3) is 11.1 Å². The summed E-state index contributed by atoms with van der Waals surface area (Å²) in [7, 11) is 0. The smallest absolute Gasteiger partial charge is 0.416 e. The Labute approximate surface area is 188 Å². The van der Waals surface area contributed by atoms with Crippen LogP contribution < -0.4 is 9.80 Å². The number of phenolic OH excluding ortho intramolecular Hbond substituents is 1. The summed E-state index contributed by atoms with van der Waals surface area (Å²) in [6.45, 7) is 3.47. The molecule has 3 aromatic carbocycles. The highest BCUT2D eigenvalue weighted by atomic mass is 19.4. The molecule has 0 bridgehead atoms. The normalized spacial score (nSPS) is 13.9. The van der Waals surface area contributed by atoms with Gasteiger partial charge in [-0.25, -0.2) is 0 Å². The molecule has 170 valence electrons. The first-order valence-corrected chi connectivity index (χ1v) is 10.3. The lowest BCUT2D eigenvalue weighted by atomic mass is 9.97. The minimum absolute atomic E-state index is 0.0355. The van der Waals surface area contributed by atoms with Crippen molar-refractivity contribution in [3.63, 3.8) is 0 Å². The summed E-state index contributed by atoms with van der Waals surface area (Å²) >= 11 is 0. The molecule has 3 aromatic rings. The Kier molecular flexibility index (Phi) is 5.61. The van der Waals surface area contributed by atoms with Crippen LogP contribution in [0.15, 0.2) is 66.7 Å². The number of nitrogens with zero attached hydrogens (tertiary/aromatic N) is 2. The molecule has 1 heterocycles. The number of phenols is 1. The average molecular weight is 454 g/mol. The van der Waals surface area contributed by atoms with Crippen LogP contribution in [0.5, 0.6) is 5.75 Å². The van der Waals surface area contributed by atoms with Crippen molar-refractivity contribution in [2.24, 2.45) is 0 Å². The monoisotopic (exact) mass is 454 g/mol. The van der Waals surface area contributed by atoms with E-state index in [0.29, 0.717) is 22.5 Å². The molecule has 0 aromatic heterocycles. The number of fused-ring (bicyclic) bond motifs is 1. The first kappa shape index (κ1) is 22.4. The van der Waals surface area contributed by atoms with Crippen LogP contribution >= 0.6 is 0 Å². The van der Waals surface area contributed by atoms with Crippen LogP contribution in [-0.4, -0.2) is 29.5 Å². The van der Waals surface area contributed by atoms with Crippen LogP contribution in [-0.2, 0) is 11.0 Å². The third-order valence-electron chi connectivity index (χ3n) is 5.51. The van der Waals surface area contributed by atoms with E-state index in [1.54, 1.807) is 30.3 Å². The number of hydrogen-bond donors (Lipinski definition) is 1. The largest absolute Gasteiger partial charge is 0.508 e. The van der Waals surface area contributed by atoms with Gasteiger partial charge in [0.2, 0.25) is 5.91 Å². The lowest BCUT2D eigenvalue weighted by molar-refractivity contribution is -0.137. The van der Waals surface area contributed by atoms with Crippen LogP contribution in [0.4, 0.5) is 24.5 Å². The number of rotatable bonds is 3. The summed E-state index contributed by atoms with van der Waals surface area (Å²) in [5.74, 6) is -0.802. The van der Waals surface area contributed by atoms with Gasteiger partial charge in [-0.3, -0.25) is 14.5 Å². The molecule has 2 amide bonds. The SMILES string of the molecule is CC(C)N1C(=O)CN(C(=O)c2ccccc2-c2ccc(C(F)(F)F)cc2)c2ccc(O)cc21. The van der Waals surface area contributed by atoms with Crippen LogP contribution in [0.3, 0.4) is 0 Å². The molecule has 0 spiro atoms. The number of benzene rings is 3. The molecule has 33 heavy (non-hydrogen) atoms. The molecule has 0 fully saturated rings. The Morgan fingerprint density at radius 2 is 1.64 bits per heavy atom. The Hall–Kier alpha value is -3.81. The van der Waals surface area contributed by atoms with E-state index in [1.165, 1.54) is 34.1 Å². The highest BCUT2D eigenvalue weighted by molar-refractivity contribution is 6.18. The van der Waals surface area contributed by atoms with E-state index in [9.17, 15) is 27.9 Å². The quantitative estimate of drug-likeness (QED) is 0.570. The predicted molar refractivity (Wildman–Crippen MR) is 119 cm³/mol. The molecule has 0 saturated heterocycles. The zero-order valence-corrected chi connectivity index (χ0v) is 17.9. The number of alkyl halides is 3. The maximum Gasteiger partial charge on any atom is 0.416 e. The first-order valence-electron chi connectivity index (χ1n) is 10.3. The van der Waals surface area contributed by atoms with Gasteiger partial charge >= 0.3 is 6.18 Å². The number of anilines is 2. The number of amides is 2. The molecule has 0 unspecified atom stereocenters. The number of hydrogen-bond acceptors (Lipinski definition) is 3. The highest BCUT2D eigenvalue weighted by Gasteiger charge is 2.35.